The van der Waals surface area contributed by atoms with Crippen LogP contribution in [0.5, 0.6) is 0 Å². The molecule has 1 rings (SSSR count). The van der Waals surface area contributed by atoms with Crippen molar-refractivity contribution >= 4 is 17.4 Å². The molecule has 0 saturated heterocycles. The van der Waals surface area contributed by atoms with E-state index in [0.717, 1.165) is 6.42 Å². The van der Waals surface area contributed by atoms with Crippen molar-refractivity contribution in [3.05, 3.63) is 20.8 Å². The van der Waals surface area contributed by atoms with Crippen molar-refractivity contribution in [3.8, 4) is 0 Å². The molecule has 10 heteroatoms. The average molecular weight is 399 g/mol. The lowest BCUT2D eigenvalue weighted by Crippen LogP contribution is -2.46. The molecule has 1 amide bonds. The standard InChI is InChI=1S/C18H33N5O5/c1-13(2)11-23-16(19)15(17(25)20-18(23)26)22(8-10-28-5)14(24)12-21(3)7-6-9-27-4/h13H,6-12,19H2,1-5H3,(H,20,25,26). The predicted molar refractivity (Wildman–Crippen MR) is 109 cm³/mol. The number of hydrogen-bond donors (Lipinski definition) is 2. The molecule has 0 aliphatic heterocycles. The Kier molecular flexibility index (Phi) is 9.91. The number of carbonyl (C=O) groups is 1. The number of anilines is 2. The van der Waals surface area contributed by atoms with E-state index in [0.29, 0.717) is 19.7 Å². The first-order chi connectivity index (χ1) is 13.2. The van der Waals surface area contributed by atoms with Crippen LogP contribution in [0, 0.1) is 5.92 Å². The molecule has 1 heterocycles. The molecule has 3 N–H and O–H groups in total. The van der Waals surface area contributed by atoms with E-state index in [4.69, 9.17) is 15.2 Å². The highest BCUT2D eigenvalue weighted by Gasteiger charge is 2.25. The van der Waals surface area contributed by atoms with E-state index < -0.39 is 11.2 Å². The summed E-state index contributed by atoms with van der Waals surface area (Å²) in [6.07, 6.45) is 0.778. The number of nitrogens with two attached hydrogens (primary N) is 1. The maximum Gasteiger partial charge on any atom is 0.330 e. The fourth-order valence-corrected chi connectivity index (χ4v) is 2.80. The quantitative estimate of drug-likeness (QED) is 0.464. The summed E-state index contributed by atoms with van der Waals surface area (Å²) in [7, 11) is 4.95. The van der Waals surface area contributed by atoms with Crippen LogP contribution in [0.4, 0.5) is 11.5 Å². The lowest BCUT2D eigenvalue weighted by Gasteiger charge is -2.26. The Balaban J connectivity index is 3.20. The Morgan fingerprint density at radius 2 is 1.82 bits per heavy atom. The van der Waals surface area contributed by atoms with E-state index in [1.165, 1.54) is 16.6 Å². The van der Waals surface area contributed by atoms with Crippen molar-refractivity contribution in [2.24, 2.45) is 5.92 Å². The number of nitrogens with one attached hydrogen (secondary N) is 1. The van der Waals surface area contributed by atoms with Crippen LogP contribution in [0.15, 0.2) is 9.59 Å². The van der Waals surface area contributed by atoms with Crippen LogP contribution >= 0.6 is 0 Å². The molecule has 1 aromatic heterocycles. The number of hydrogen-bond acceptors (Lipinski definition) is 7. The number of aromatic nitrogens is 2. The van der Waals surface area contributed by atoms with E-state index in [-0.39, 0.29) is 43.0 Å². The van der Waals surface area contributed by atoms with Crippen molar-refractivity contribution in [3.63, 3.8) is 0 Å². The van der Waals surface area contributed by atoms with Crippen LogP contribution in [0.2, 0.25) is 0 Å². The molecule has 0 aliphatic rings. The van der Waals surface area contributed by atoms with Gasteiger partial charge in [-0.25, -0.2) is 4.79 Å². The van der Waals surface area contributed by atoms with E-state index in [1.807, 2.05) is 25.8 Å². The second-order valence-corrected chi connectivity index (χ2v) is 7.12. The minimum Gasteiger partial charge on any atom is -0.385 e. The molecular formula is C18H33N5O5. The number of likely N-dealkylation sites (N-methyl/N-ethyl adjacent to an activating group) is 1. The van der Waals surface area contributed by atoms with Crippen LogP contribution < -0.4 is 21.9 Å². The zero-order valence-electron chi connectivity index (χ0n) is 17.5. The van der Waals surface area contributed by atoms with Crippen molar-refractivity contribution in [1.82, 2.24) is 14.5 Å². The number of ether oxygens (including phenoxy) is 2. The third-order valence-corrected chi connectivity index (χ3v) is 4.15. The zero-order chi connectivity index (χ0) is 21.3. The molecule has 0 unspecified atom stereocenters. The van der Waals surface area contributed by atoms with Gasteiger partial charge >= 0.3 is 5.69 Å². The van der Waals surface area contributed by atoms with Gasteiger partial charge in [-0.15, -0.1) is 0 Å². The van der Waals surface area contributed by atoms with Crippen molar-refractivity contribution in [2.75, 3.05) is 64.7 Å². The Hall–Kier alpha value is -2.17. The number of rotatable bonds is 12. The van der Waals surface area contributed by atoms with Crippen LogP contribution in [-0.2, 0) is 20.8 Å². The number of H-pyrrole nitrogens is 1. The van der Waals surface area contributed by atoms with E-state index in [2.05, 4.69) is 4.98 Å². The first-order valence-electron chi connectivity index (χ1n) is 9.32. The Morgan fingerprint density at radius 3 is 2.39 bits per heavy atom. The minimum absolute atomic E-state index is 0.0195. The molecule has 0 atom stereocenters. The number of carbonyl (C=O) groups excluding carboxylic acids is 1. The number of nitrogens with zero attached hydrogens (tertiary/aromatic N) is 3. The van der Waals surface area contributed by atoms with Gasteiger partial charge in [-0.2, -0.15) is 0 Å². The normalized spacial score (nSPS) is 11.4. The van der Waals surface area contributed by atoms with Crippen molar-refractivity contribution < 1.29 is 14.3 Å². The maximum atomic E-state index is 12.9. The summed E-state index contributed by atoms with van der Waals surface area (Å²) >= 11 is 0. The van der Waals surface area contributed by atoms with Crippen LogP contribution in [0.25, 0.3) is 0 Å². The number of methoxy groups -OCH3 is 2. The molecule has 0 aliphatic carbocycles. The first kappa shape index (κ1) is 23.9. The molecule has 0 saturated carbocycles. The van der Waals surface area contributed by atoms with E-state index in [9.17, 15) is 14.4 Å². The molecule has 28 heavy (non-hydrogen) atoms. The fourth-order valence-electron chi connectivity index (χ4n) is 2.80. The van der Waals surface area contributed by atoms with Gasteiger partial charge in [0.15, 0.2) is 5.69 Å². The van der Waals surface area contributed by atoms with Crippen LogP contribution in [-0.4, -0.2) is 74.5 Å². The summed E-state index contributed by atoms with van der Waals surface area (Å²) in [6.45, 7) is 5.91. The second kappa shape index (κ2) is 11.6. The van der Waals surface area contributed by atoms with Gasteiger partial charge in [0.05, 0.1) is 13.2 Å². The van der Waals surface area contributed by atoms with Gasteiger partial charge in [0, 0.05) is 40.5 Å². The summed E-state index contributed by atoms with van der Waals surface area (Å²) in [5, 5.41) is 0. The second-order valence-electron chi connectivity index (χ2n) is 7.12. The Morgan fingerprint density at radius 1 is 1.18 bits per heavy atom. The summed E-state index contributed by atoms with van der Waals surface area (Å²) < 4.78 is 11.4. The molecule has 1 aromatic rings. The van der Waals surface area contributed by atoms with Gasteiger partial charge in [-0.05, 0) is 19.4 Å². The summed E-state index contributed by atoms with van der Waals surface area (Å²) in [5.41, 5.74) is 4.86. The lowest BCUT2D eigenvalue weighted by molar-refractivity contribution is -0.119. The SMILES string of the molecule is COCCCN(C)CC(=O)N(CCOC)c1c(N)n(CC(C)C)c(=O)[nH]c1=O. The third-order valence-electron chi connectivity index (χ3n) is 4.15. The minimum atomic E-state index is -0.686. The van der Waals surface area contributed by atoms with Crippen LogP contribution in [0.1, 0.15) is 20.3 Å². The third kappa shape index (κ3) is 6.77. The highest BCUT2D eigenvalue weighted by molar-refractivity contribution is 5.96. The lowest BCUT2D eigenvalue weighted by atomic mass is 10.2. The fraction of sp³-hybridized carbons (Fsp3) is 0.722. The summed E-state index contributed by atoms with van der Waals surface area (Å²) in [4.78, 5) is 43.0. The summed E-state index contributed by atoms with van der Waals surface area (Å²) in [5.74, 6) is -0.188. The van der Waals surface area contributed by atoms with Gasteiger partial charge < -0.3 is 20.1 Å². The topological polar surface area (TPSA) is 123 Å². The maximum absolute atomic E-state index is 12.9. The average Bonchev–Trinajstić information content (AvgIpc) is 2.61. The smallest absolute Gasteiger partial charge is 0.330 e. The number of amides is 1. The van der Waals surface area contributed by atoms with E-state index in [1.54, 1.807) is 7.11 Å². The van der Waals surface area contributed by atoms with Crippen molar-refractivity contribution in [2.45, 2.75) is 26.8 Å². The first-order valence-corrected chi connectivity index (χ1v) is 9.32. The Labute approximate surface area is 165 Å². The van der Waals surface area contributed by atoms with Gasteiger partial charge in [0.2, 0.25) is 5.91 Å². The Bertz CT molecular complexity index is 743. The van der Waals surface area contributed by atoms with Crippen molar-refractivity contribution in [1.29, 1.82) is 0 Å². The zero-order valence-corrected chi connectivity index (χ0v) is 17.5. The largest absolute Gasteiger partial charge is 0.385 e. The van der Waals surface area contributed by atoms with E-state index >= 15 is 0 Å². The highest BCUT2D eigenvalue weighted by Crippen LogP contribution is 2.18. The van der Waals surface area contributed by atoms with Gasteiger partial charge in [-0.3, -0.25) is 24.0 Å². The van der Waals surface area contributed by atoms with Gasteiger partial charge in [0.25, 0.3) is 5.56 Å². The molecule has 0 bridgehead atoms. The number of nitrogen functional groups attached to an aromatic ring is 1. The number of aromatic amines is 1. The predicted octanol–water partition coefficient (Wildman–Crippen LogP) is -0.277. The molecule has 0 radical (unpaired) electrons. The highest BCUT2D eigenvalue weighted by atomic mass is 16.5. The summed E-state index contributed by atoms with van der Waals surface area (Å²) in [6, 6.07) is 0. The monoisotopic (exact) mass is 399 g/mol. The van der Waals surface area contributed by atoms with Gasteiger partial charge in [0.1, 0.15) is 5.82 Å². The molecule has 0 aromatic carbocycles. The molecule has 0 spiro atoms. The molecule has 0 fully saturated rings. The van der Waals surface area contributed by atoms with Gasteiger partial charge in [-0.1, -0.05) is 13.8 Å². The molecule has 10 nitrogen and oxygen atoms in total. The van der Waals surface area contributed by atoms with Crippen LogP contribution in [0.3, 0.4) is 0 Å². The molecular weight excluding hydrogens is 366 g/mol. The molecule has 160 valence electrons.